The lowest BCUT2D eigenvalue weighted by Gasteiger charge is -2.20. The second-order valence-electron chi connectivity index (χ2n) is 7.93. The van der Waals surface area contributed by atoms with Crippen molar-refractivity contribution in [3.63, 3.8) is 0 Å². The van der Waals surface area contributed by atoms with Crippen LogP contribution < -0.4 is 5.32 Å². The lowest BCUT2D eigenvalue weighted by molar-refractivity contribution is 0.0931. The van der Waals surface area contributed by atoms with Gasteiger partial charge in [0.25, 0.3) is 5.91 Å². The zero-order valence-corrected chi connectivity index (χ0v) is 16.9. The third-order valence-electron chi connectivity index (χ3n) is 4.89. The van der Waals surface area contributed by atoms with Gasteiger partial charge in [0.1, 0.15) is 0 Å². The maximum absolute atomic E-state index is 12.7. The molecule has 1 atom stereocenters. The second kappa shape index (κ2) is 7.85. The van der Waals surface area contributed by atoms with Crippen molar-refractivity contribution >= 4 is 15.7 Å². The molecule has 2 aromatic rings. The molecule has 0 spiro atoms. The van der Waals surface area contributed by atoms with Crippen LogP contribution in [0.3, 0.4) is 0 Å². The molecule has 4 nitrogen and oxygen atoms in total. The lowest BCUT2D eigenvalue weighted by atomic mass is 9.97. The Balaban J connectivity index is 1.78. The fourth-order valence-electron chi connectivity index (χ4n) is 3.33. The van der Waals surface area contributed by atoms with Crippen molar-refractivity contribution in [1.29, 1.82) is 0 Å². The highest BCUT2D eigenvalue weighted by Gasteiger charge is 2.33. The van der Waals surface area contributed by atoms with E-state index in [0.717, 1.165) is 31.1 Å². The molecule has 0 aliphatic heterocycles. The number of sulfone groups is 1. The highest BCUT2D eigenvalue weighted by atomic mass is 32.2. The first-order valence-electron chi connectivity index (χ1n) is 9.44. The normalized spacial score (nSPS) is 15.6. The van der Waals surface area contributed by atoms with Crippen LogP contribution >= 0.6 is 0 Å². The number of hydrogen-bond acceptors (Lipinski definition) is 3. The van der Waals surface area contributed by atoms with Crippen molar-refractivity contribution in [2.45, 2.75) is 44.0 Å². The Morgan fingerprint density at radius 2 is 1.78 bits per heavy atom. The zero-order chi connectivity index (χ0) is 19.6. The van der Waals surface area contributed by atoms with Crippen molar-refractivity contribution in [2.24, 2.45) is 11.8 Å². The molecule has 3 rings (SSSR count). The summed E-state index contributed by atoms with van der Waals surface area (Å²) >= 11 is 0. The van der Waals surface area contributed by atoms with Gasteiger partial charge in [-0.15, -0.1) is 0 Å². The first-order chi connectivity index (χ1) is 12.7. The summed E-state index contributed by atoms with van der Waals surface area (Å²) in [4.78, 5) is 12.9. The Hall–Kier alpha value is -2.14. The van der Waals surface area contributed by atoms with Crippen LogP contribution in [-0.4, -0.2) is 20.6 Å². The summed E-state index contributed by atoms with van der Waals surface area (Å²) in [6, 6.07) is 14.7. The van der Waals surface area contributed by atoms with E-state index < -0.39 is 9.84 Å². The fourth-order valence-corrected chi connectivity index (χ4v) is 3.99. The van der Waals surface area contributed by atoms with Gasteiger partial charge in [-0.1, -0.05) is 44.2 Å². The Morgan fingerprint density at radius 1 is 1.11 bits per heavy atom. The maximum Gasteiger partial charge on any atom is 0.251 e. The topological polar surface area (TPSA) is 63.2 Å². The summed E-state index contributed by atoms with van der Waals surface area (Å²) in [7, 11) is -3.34. The van der Waals surface area contributed by atoms with Gasteiger partial charge in [-0.05, 0) is 60.4 Å². The molecule has 2 aromatic carbocycles. The molecule has 1 aliphatic rings. The van der Waals surface area contributed by atoms with Gasteiger partial charge in [-0.25, -0.2) is 8.42 Å². The molecule has 0 bridgehead atoms. The van der Waals surface area contributed by atoms with Gasteiger partial charge in [0.05, 0.1) is 10.9 Å². The van der Waals surface area contributed by atoms with Gasteiger partial charge in [0.15, 0.2) is 9.84 Å². The van der Waals surface area contributed by atoms with Gasteiger partial charge in [0.2, 0.25) is 0 Å². The van der Waals surface area contributed by atoms with E-state index in [-0.39, 0.29) is 16.8 Å². The molecule has 1 unspecified atom stereocenters. The van der Waals surface area contributed by atoms with Gasteiger partial charge >= 0.3 is 0 Å². The molecular weight excluding hydrogens is 358 g/mol. The average Bonchev–Trinajstić information content (AvgIpc) is 3.44. The third-order valence-corrected chi connectivity index (χ3v) is 6.00. The van der Waals surface area contributed by atoms with Crippen LogP contribution in [0.2, 0.25) is 0 Å². The largest absolute Gasteiger partial charge is 0.345 e. The summed E-state index contributed by atoms with van der Waals surface area (Å²) in [6.07, 6.45) is 4.39. The van der Waals surface area contributed by atoms with Gasteiger partial charge in [-0.2, -0.15) is 0 Å². The maximum atomic E-state index is 12.7. The standard InChI is InChI=1S/C22H27NO3S/c1-15(2)13-16-7-9-17(10-8-16)21(18-11-12-18)23-22(24)19-5-4-6-20(14-19)27(3,25)26/h4-10,14-15,18,21H,11-13H2,1-3H3,(H,23,24). The SMILES string of the molecule is CC(C)Cc1ccc(C(NC(=O)c2cccc(S(C)(=O)=O)c2)C2CC2)cc1. The van der Waals surface area contributed by atoms with E-state index in [1.807, 2.05) is 0 Å². The second-order valence-corrected chi connectivity index (χ2v) is 9.94. The number of hydrogen-bond donors (Lipinski definition) is 1. The summed E-state index contributed by atoms with van der Waals surface area (Å²) in [5.74, 6) is 0.823. The van der Waals surface area contributed by atoms with Gasteiger partial charge in [0, 0.05) is 11.8 Å². The third kappa shape index (κ3) is 5.19. The van der Waals surface area contributed by atoms with Crippen LogP contribution in [0, 0.1) is 11.8 Å². The molecule has 1 fully saturated rings. The molecule has 0 radical (unpaired) electrons. The molecule has 0 saturated heterocycles. The van der Waals surface area contributed by atoms with Gasteiger partial charge in [-0.3, -0.25) is 4.79 Å². The minimum atomic E-state index is -3.34. The molecule has 0 aromatic heterocycles. The predicted molar refractivity (Wildman–Crippen MR) is 107 cm³/mol. The van der Waals surface area contributed by atoms with E-state index in [2.05, 4.69) is 43.4 Å². The summed E-state index contributed by atoms with van der Waals surface area (Å²) in [5, 5.41) is 3.12. The number of amides is 1. The first kappa shape index (κ1) is 19.6. The van der Waals surface area contributed by atoms with Crippen LogP contribution in [0.25, 0.3) is 0 Å². The highest BCUT2D eigenvalue weighted by Crippen LogP contribution is 2.41. The molecule has 0 heterocycles. The van der Waals surface area contributed by atoms with Crippen molar-refractivity contribution in [1.82, 2.24) is 5.32 Å². The van der Waals surface area contributed by atoms with Crippen LogP contribution in [-0.2, 0) is 16.3 Å². The first-order valence-corrected chi connectivity index (χ1v) is 11.3. The van der Waals surface area contributed by atoms with Crippen LogP contribution in [0.15, 0.2) is 53.4 Å². The van der Waals surface area contributed by atoms with Gasteiger partial charge < -0.3 is 5.32 Å². The summed E-state index contributed by atoms with van der Waals surface area (Å²) in [5.41, 5.74) is 2.79. The van der Waals surface area contributed by atoms with Crippen LogP contribution in [0.4, 0.5) is 0 Å². The Morgan fingerprint density at radius 3 is 2.33 bits per heavy atom. The minimum Gasteiger partial charge on any atom is -0.345 e. The number of benzene rings is 2. The average molecular weight is 386 g/mol. The highest BCUT2D eigenvalue weighted by molar-refractivity contribution is 7.90. The Labute approximate surface area is 161 Å². The molecular formula is C22H27NO3S. The Kier molecular flexibility index (Phi) is 5.70. The van der Waals surface area contributed by atoms with Crippen molar-refractivity contribution in [2.75, 3.05) is 6.26 Å². The summed E-state index contributed by atoms with van der Waals surface area (Å²) < 4.78 is 23.5. The lowest BCUT2D eigenvalue weighted by Crippen LogP contribution is -2.30. The number of rotatable bonds is 7. The van der Waals surface area contributed by atoms with E-state index in [1.165, 1.54) is 17.7 Å². The van der Waals surface area contributed by atoms with Crippen LogP contribution in [0.1, 0.15) is 54.2 Å². The van der Waals surface area contributed by atoms with E-state index in [4.69, 9.17) is 0 Å². The zero-order valence-electron chi connectivity index (χ0n) is 16.1. The Bertz CT molecular complexity index is 913. The van der Waals surface area contributed by atoms with Crippen molar-refractivity contribution in [3.8, 4) is 0 Å². The molecule has 144 valence electrons. The molecule has 1 saturated carbocycles. The number of nitrogens with one attached hydrogen (secondary N) is 1. The van der Waals surface area contributed by atoms with E-state index in [9.17, 15) is 13.2 Å². The van der Waals surface area contributed by atoms with Crippen LogP contribution in [0.5, 0.6) is 0 Å². The van der Waals surface area contributed by atoms with Crippen molar-refractivity contribution < 1.29 is 13.2 Å². The monoisotopic (exact) mass is 385 g/mol. The molecule has 1 amide bonds. The van der Waals surface area contributed by atoms with Crippen molar-refractivity contribution in [3.05, 3.63) is 65.2 Å². The fraction of sp³-hybridized carbons (Fsp3) is 0.409. The summed E-state index contributed by atoms with van der Waals surface area (Å²) in [6.45, 7) is 4.40. The molecule has 1 N–H and O–H groups in total. The van der Waals surface area contributed by atoms with E-state index >= 15 is 0 Å². The minimum absolute atomic E-state index is 0.0347. The molecule has 1 aliphatic carbocycles. The van der Waals surface area contributed by atoms with E-state index in [0.29, 0.717) is 17.4 Å². The quantitative estimate of drug-likeness (QED) is 0.778. The smallest absolute Gasteiger partial charge is 0.251 e. The molecule has 27 heavy (non-hydrogen) atoms. The molecule has 5 heteroatoms. The number of carbonyl (C=O) groups is 1. The number of carbonyl (C=O) groups excluding carboxylic acids is 1. The predicted octanol–water partition coefficient (Wildman–Crippen LogP) is 4.17. The van der Waals surface area contributed by atoms with E-state index in [1.54, 1.807) is 12.1 Å².